The molecule has 1 aliphatic rings. The summed E-state index contributed by atoms with van der Waals surface area (Å²) in [5.74, 6) is -1.10. The van der Waals surface area contributed by atoms with Crippen LogP contribution in [0.15, 0.2) is 0 Å². The molecule has 7 heteroatoms. The summed E-state index contributed by atoms with van der Waals surface area (Å²) in [4.78, 5) is 32.8. The number of rotatable bonds is 0. The van der Waals surface area contributed by atoms with Crippen LogP contribution in [0.4, 0.5) is 4.79 Å². The van der Waals surface area contributed by atoms with Crippen LogP contribution in [0.3, 0.4) is 0 Å². The second-order valence-corrected chi connectivity index (χ2v) is 2.94. The van der Waals surface area contributed by atoms with Gasteiger partial charge >= 0.3 is 35.6 Å². The maximum absolute atomic E-state index is 10.3. The first-order chi connectivity index (χ1) is 5.91. The molecule has 0 bridgehead atoms. The van der Waals surface area contributed by atoms with Gasteiger partial charge in [-0.2, -0.15) is 0 Å². The van der Waals surface area contributed by atoms with Crippen molar-refractivity contribution in [3.8, 4) is 0 Å². The fourth-order valence-electron chi connectivity index (χ4n) is 0.519. The topological polar surface area (TPSA) is 78.5 Å². The van der Waals surface area contributed by atoms with E-state index in [1.165, 1.54) is 0 Å². The average molecular weight is 211 g/mol. The number of nitrogens with zero attached hydrogens (tertiary/aromatic N) is 1. The molecule has 0 aromatic heterocycles. The molecule has 0 unspecified atom stereocenters. The second-order valence-electron chi connectivity index (χ2n) is 2.94. The third-order valence-electron chi connectivity index (χ3n) is 0.827. The molecule has 1 aliphatic heterocycles. The fraction of sp³-hybridized carbons (Fsp3) is 0.571. The van der Waals surface area contributed by atoms with E-state index in [0.29, 0.717) is 0 Å². The predicted octanol–water partition coefficient (Wildman–Crippen LogP) is -1.73. The molecule has 0 spiro atoms. The first kappa shape index (κ1) is 16.0. The maximum atomic E-state index is 10.3. The van der Waals surface area contributed by atoms with Crippen molar-refractivity contribution in [2.45, 2.75) is 6.42 Å². The third-order valence-corrected chi connectivity index (χ3v) is 0.827. The summed E-state index contributed by atoms with van der Waals surface area (Å²) >= 11 is 0. The predicted molar refractivity (Wildman–Crippen MR) is 53.1 cm³/mol. The first-order valence-corrected chi connectivity index (χ1v) is 3.66. The zero-order valence-electron chi connectivity index (χ0n) is 7.88. The summed E-state index contributed by atoms with van der Waals surface area (Å²) in [6, 6.07) is -0.740. The van der Waals surface area contributed by atoms with E-state index < -0.39 is 17.8 Å². The molecule has 0 aromatic rings. The summed E-state index contributed by atoms with van der Waals surface area (Å²) in [5.41, 5.74) is 0. The standard InChI is InChI=1S/C4H4N2O3.C3H9N.Na.H/c7-2-1-3(8)6-4(9)5-2;1-4(2)3;;/h1H2,(H2,5,6,7,8,9);1-3H3;;. The molecule has 6 nitrogen and oxygen atoms in total. The van der Waals surface area contributed by atoms with Crippen molar-refractivity contribution in [1.82, 2.24) is 15.5 Å². The van der Waals surface area contributed by atoms with E-state index in [4.69, 9.17) is 0 Å². The van der Waals surface area contributed by atoms with Crippen LogP contribution in [0.2, 0.25) is 0 Å². The van der Waals surface area contributed by atoms with Gasteiger partial charge in [-0.1, -0.05) is 0 Å². The van der Waals surface area contributed by atoms with Crippen LogP contribution in [0.5, 0.6) is 0 Å². The minimum atomic E-state index is -0.740. The van der Waals surface area contributed by atoms with Crippen LogP contribution in [0.25, 0.3) is 0 Å². The van der Waals surface area contributed by atoms with Crippen molar-refractivity contribution >= 4 is 47.4 Å². The molecule has 1 rings (SSSR count). The van der Waals surface area contributed by atoms with Crippen LogP contribution < -0.4 is 10.6 Å². The number of carbonyl (C=O) groups is 3. The van der Waals surface area contributed by atoms with Gasteiger partial charge in [0.25, 0.3) is 0 Å². The summed E-state index contributed by atoms with van der Waals surface area (Å²) in [7, 11) is 6.00. The van der Waals surface area contributed by atoms with E-state index in [0.717, 1.165) is 0 Å². The molecule has 0 atom stereocenters. The molecule has 0 aromatic carbocycles. The van der Waals surface area contributed by atoms with Crippen molar-refractivity contribution in [2.24, 2.45) is 0 Å². The molecule has 0 aliphatic carbocycles. The van der Waals surface area contributed by atoms with E-state index in [2.05, 4.69) is 0 Å². The minimum absolute atomic E-state index is 0. The van der Waals surface area contributed by atoms with Crippen LogP contribution >= 0.6 is 0 Å². The van der Waals surface area contributed by atoms with E-state index in [1.54, 1.807) is 0 Å². The van der Waals surface area contributed by atoms with E-state index in [1.807, 2.05) is 36.7 Å². The normalized spacial score (nSPS) is 14.7. The van der Waals surface area contributed by atoms with Crippen molar-refractivity contribution in [3.05, 3.63) is 0 Å². The summed E-state index contributed by atoms with van der Waals surface area (Å²) in [5, 5.41) is 3.80. The van der Waals surface area contributed by atoms with Gasteiger partial charge in [-0.3, -0.25) is 20.2 Å². The number of urea groups is 1. The van der Waals surface area contributed by atoms with Crippen LogP contribution in [-0.2, 0) is 9.59 Å². The van der Waals surface area contributed by atoms with Crippen molar-refractivity contribution < 1.29 is 14.4 Å². The Balaban J connectivity index is 0. The van der Waals surface area contributed by atoms with Crippen LogP contribution in [0, 0.1) is 0 Å². The Morgan fingerprint density at radius 2 is 1.29 bits per heavy atom. The zero-order chi connectivity index (χ0) is 10.4. The van der Waals surface area contributed by atoms with Crippen LogP contribution in [0.1, 0.15) is 6.42 Å². The van der Waals surface area contributed by atoms with Gasteiger partial charge in [-0.25, -0.2) is 4.79 Å². The molecule has 2 N–H and O–H groups in total. The van der Waals surface area contributed by atoms with Gasteiger partial charge in [0.2, 0.25) is 11.8 Å². The quantitative estimate of drug-likeness (QED) is 0.369. The number of hydrogen-bond donors (Lipinski definition) is 2. The van der Waals surface area contributed by atoms with Gasteiger partial charge in [0, 0.05) is 0 Å². The Labute approximate surface area is 105 Å². The molecule has 4 amide bonds. The van der Waals surface area contributed by atoms with Crippen molar-refractivity contribution in [2.75, 3.05) is 21.1 Å². The molecule has 1 heterocycles. The summed E-state index contributed by atoms with van der Waals surface area (Å²) in [6.07, 6.45) is -0.258. The summed E-state index contributed by atoms with van der Waals surface area (Å²) < 4.78 is 0. The Morgan fingerprint density at radius 1 is 1.00 bits per heavy atom. The van der Waals surface area contributed by atoms with E-state index in [9.17, 15) is 14.4 Å². The van der Waals surface area contributed by atoms with Gasteiger partial charge in [0.05, 0.1) is 0 Å². The van der Waals surface area contributed by atoms with E-state index >= 15 is 0 Å². The first-order valence-electron chi connectivity index (χ1n) is 3.66. The van der Waals surface area contributed by atoms with Gasteiger partial charge in [0.1, 0.15) is 6.42 Å². The number of amides is 4. The number of carbonyl (C=O) groups excluding carboxylic acids is 3. The van der Waals surface area contributed by atoms with Gasteiger partial charge in [-0.15, -0.1) is 0 Å². The molecule has 76 valence electrons. The SMILES string of the molecule is CN(C)C.O=C1CC(=O)NC(=O)N1.[NaH]. The molecular formula is C7H14N3NaO3. The zero-order valence-corrected chi connectivity index (χ0v) is 7.88. The Kier molecular flexibility index (Phi) is 9.07. The Morgan fingerprint density at radius 3 is 1.50 bits per heavy atom. The Hall–Kier alpha value is -0.430. The number of barbiturate groups is 1. The Bertz CT molecular complexity index is 182. The molecule has 1 saturated heterocycles. The van der Waals surface area contributed by atoms with E-state index in [-0.39, 0.29) is 36.0 Å². The second kappa shape index (κ2) is 7.93. The fourth-order valence-corrected chi connectivity index (χ4v) is 0.519. The number of hydrogen-bond acceptors (Lipinski definition) is 4. The monoisotopic (exact) mass is 211 g/mol. The molecule has 14 heavy (non-hydrogen) atoms. The molecule has 0 radical (unpaired) electrons. The number of nitrogens with one attached hydrogen (secondary N) is 2. The molecule has 1 fully saturated rings. The average Bonchev–Trinajstić information content (AvgIpc) is 1.80. The summed E-state index contributed by atoms with van der Waals surface area (Å²) in [6.45, 7) is 0. The van der Waals surface area contributed by atoms with Crippen molar-refractivity contribution in [3.63, 3.8) is 0 Å². The molecule has 0 saturated carbocycles. The molecular weight excluding hydrogens is 197 g/mol. The van der Waals surface area contributed by atoms with Crippen molar-refractivity contribution in [1.29, 1.82) is 0 Å². The van der Waals surface area contributed by atoms with Crippen LogP contribution in [-0.4, -0.2) is 73.4 Å². The van der Waals surface area contributed by atoms with Gasteiger partial charge < -0.3 is 4.90 Å². The van der Waals surface area contributed by atoms with Gasteiger partial charge in [-0.05, 0) is 21.1 Å². The third kappa shape index (κ3) is 9.66. The van der Waals surface area contributed by atoms with Gasteiger partial charge in [0.15, 0.2) is 0 Å². The number of imide groups is 2.